The van der Waals surface area contributed by atoms with Crippen molar-refractivity contribution < 1.29 is 8.78 Å². The first-order valence-corrected chi connectivity index (χ1v) is 6.83. The maximum absolute atomic E-state index is 13.9. The highest BCUT2D eigenvalue weighted by Crippen LogP contribution is 2.28. The number of benzene rings is 3. The molecule has 0 amide bonds. The summed E-state index contributed by atoms with van der Waals surface area (Å²) in [4.78, 5) is 0. The lowest BCUT2D eigenvalue weighted by Gasteiger charge is -2.15. The average Bonchev–Trinajstić information content (AvgIpc) is 2.50. The van der Waals surface area contributed by atoms with E-state index in [2.05, 4.69) is 0 Å². The Morgan fingerprint density at radius 1 is 0.857 bits per heavy atom. The number of hydrogen-bond acceptors (Lipinski definition) is 1. The van der Waals surface area contributed by atoms with Crippen LogP contribution in [-0.2, 0) is 0 Å². The van der Waals surface area contributed by atoms with Crippen molar-refractivity contribution in [2.24, 2.45) is 5.73 Å². The molecule has 0 saturated heterocycles. The quantitative estimate of drug-likeness (QED) is 0.675. The first-order chi connectivity index (χ1) is 10.1. The minimum atomic E-state index is -0.749. The van der Waals surface area contributed by atoms with E-state index in [4.69, 9.17) is 17.3 Å². The fraction of sp³-hybridized carbons (Fsp3) is 0.0588. The van der Waals surface area contributed by atoms with Gasteiger partial charge in [-0.05, 0) is 34.5 Å². The molecule has 0 radical (unpaired) electrons. The Hall–Kier alpha value is -1.97. The van der Waals surface area contributed by atoms with Crippen molar-refractivity contribution >= 4 is 22.4 Å². The first-order valence-electron chi connectivity index (χ1n) is 6.45. The molecule has 4 heteroatoms. The molecule has 0 aliphatic rings. The van der Waals surface area contributed by atoms with Crippen LogP contribution < -0.4 is 5.73 Å². The zero-order valence-electron chi connectivity index (χ0n) is 11.0. The summed E-state index contributed by atoms with van der Waals surface area (Å²) in [5.41, 5.74) is 6.88. The third-order valence-corrected chi connectivity index (χ3v) is 3.80. The van der Waals surface area contributed by atoms with Crippen LogP contribution in [-0.4, -0.2) is 0 Å². The number of rotatable bonds is 2. The largest absolute Gasteiger partial charge is 0.320 e. The first kappa shape index (κ1) is 14.0. The molecule has 1 unspecified atom stereocenters. The molecule has 21 heavy (non-hydrogen) atoms. The van der Waals surface area contributed by atoms with Crippen molar-refractivity contribution in [3.63, 3.8) is 0 Å². The molecule has 106 valence electrons. The Morgan fingerprint density at radius 2 is 1.57 bits per heavy atom. The third-order valence-electron chi connectivity index (χ3n) is 3.51. The van der Waals surface area contributed by atoms with Gasteiger partial charge < -0.3 is 5.73 Å². The van der Waals surface area contributed by atoms with Crippen LogP contribution in [0.5, 0.6) is 0 Å². The van der Waals surface area contributed by atoms with Gasteiger partial charge >= 0.3 is 0 Å². The van der Waals surface area contributed by atoms with Crippen molar-refractivity contribution in [1.82, 2.24) is 0 Å². The summed E-state index contributed by atoms with van der Waals surface area (Å²) in [5, 5.41) is 1.82. The monoisotopic (exact) mass is 303 g/mol. The molecule has 3 aromatic rings. The molecule has 1 nitrogen and oxygen atoms in total. The highest BCUT2D eigenvalue weighted by molar-refractivity contribution is 6.30. The molecule has 0 bridgehead atoms. The van der Waals surface area contributed by atoms with Crippen LogP contribution in [0.15, 0.2) is 54.6 Å². The fourth-order valence-electron chi connectivity index (χ4n) is 2.36. The van der Waals surface area contributed by atoms with Crippen molar-refractivity contribution in [3.8, 4) is 0 Å². The number of nitrogens with two attached hydrogens (primary N) is 1. The summed E-state index contributed by atoms with van der Waals surface area (Å²) < 4.78 is 27.5. The molecule has 0 aliphatic carbocycles. The average molecular weight is 304 g/mol. The molecule has 0 saturated carbocycles. The second-order valence-electron chi connectivity index (χ2n) is 4.87. The molecular weight excluding hydrogens is 292 g/mol. The summed E-state index contributed by atoms with van der Waals surface area (Å²) in [6.07, 6.45) is 0. The van der Waals surface area contributed by atoms with Gasteiger partial charge in [-0.1, -0.05) is 48.0 Å². The van der Waals surface area contributed by atoms with Gasteiger partial charge in [-0.2, -0.15) is 0 Å². The van der Waals surface area contributed by atoms with Gasteiger partial charge in [0.1, 0.15) is 11.6 Å². The molecule has 0 spiro atoms. The summed E-state index contributed by atoms with van der Waals surface area (Å²) in [7, 11) is 0. The van der Waals surface area contributed by atoms with Crippen molar-refractivity contribution in [2.75, 3.05) is 0 Å². The molecular formula is C17H12ClF2N. The van der Waals surface area contributed by atoms with E-state index in [0.29, 0.717) is 5.56 Å². The van der Waals surface area contributed by atoms with E-state index in [9.17, 15) is 8.78 Å². The maximum Gasteiger partial charge on any atom is 0.142 e. The van der Waals surface area contributed by atoms with Gasteiger partial charge in [0.05, 0.1) is 11.1 Å². The van der Waals surface area contributed by atoms with Crippen LogP contribution in [0.1, 0.15) is 17.2 Å². The lowest BCUT2D eigenvalue weighted by molar-refractivity contribution is 0.577. The zero-order chi connectivity index (χ0) is 15.0. The predicted molar refractivity (Wildman–Crippen MR) is 81.3 cm³/mol. The van der Waals surface area contributed by atoms with Crippen LogP contribution in [0.2, 0.25) is 5.02 Å². The number of halogens is 3. The minimum absolute atomic E-state index is 0.0900. The number of fused-ring (bicyclic) bond motifs is 1. The lowest BCUT2D eigenvalue weighted by atomic mass is 9.96. The van der Waals surface area contributed by atoms with E-state index in [1.54, 1.807) is 0 Å². The van der Waals surface area contributed by atoms with Crippen molar-refractivity contribution in [3.05, 3.63) is 82.4 Å². The smallest absolute Gasteiger partial charge is 0.142 e. The van der Waals surface area contributed by atoms with Gasteiger partial charge in [0.25, 0.3) is 0 Å². The molecule has 2 N–H and O–H groups in total. The Bertz CT molecular complexity index is 817. The summed E-state index contributed by atoms with van der Waals surface area (Å²) in [6, 6.07) is 14.7. The van der Waals surface area contributed by atoms with Gasteiger partial charge in [0.15, 0.2) is 0 Å². The molecule has 3 rings (SSSR count). The van der Waals surface area contributed by atoms with Crippen molar-refractivity contribution in [1.29, 1.82) is 0 Å². The SMILES string of the molecule is NC(c1ccc2ccccc2c1)c1cc(F)c(Cl)cc1F. The van der Waals surface area contributed by atoms with Gasteiger partial charge in [0, 0.05) is 5.56 Å². The van der Waals surface area contributed by atoms with E-state index in [0.717, 1.165) is 22.9 Å². The third kappa shape index (κ3) is 2.62. The van der Waals surface area contributed by atoms with Crippen molar-refractivity contribution in [2.45, 2.75) is 6.04 Å². The lowest BCUT2D eigenvalue weighted by Crippen LogP contribution is -2.14. The van der Waals surface area contributed by atoms with Gasteiger partial charge in [-0.25, -0.2) is 8.78 Å². The van der Waals surface area contributed by atoms with E-state index in [-0.39, 0.29) is 10.6 Å². The van der Waals surface area contributed by atoms with E-state index in [1.165, 1.54) is 0 Å². The standard InChI is InChI=1S/C17H12ClF2N/c18-14-9-15(19)13(8-16(14)20)17(21)12-6-5-10-3-1-2-4-11(10)7-12/h1-9,17H,21H2. The van der Waals surface area contributed by atoms with Crippen LogP contribution >= 0.6 is 11.6 Å². The topological polar surface area (TPSA) is 26.0 Å². The Labute approximate surface area is 126 Å². The fourth-order valence-corrected chi connectivity index (χ4v) is 2.51. The highest BCUT2D eigenvalue weighted by atomic mass is 35.5. The highest BCUT2D eigenvalue weighted by Gasteiger charge is 2.17. The minimum Gasteiger partial charge on any atom is -0.320 e. The van der Waals surface area contributed by atoms with E-state index in [1.807, 2.05) is 42.5 Å². The van der Waals surface area contributed by atoms with Crippen LogP contribution in [0.25, 0.3) is 10.8 Å². The summed E-state index contributed by atoms with van der Waals surface area (Å²) in [5.74, 6) is -1.29. The van der Waals surface area contributed by atoms with E-state index < -0.39 is 17.7 Å². The van der Waals surface area contributed by atoms with Crippen LogP contribution in [0.3, 0.4) is 0 Å². The normalized spacial score (nSPS) is 12.6. The van der Waals surface area contributed by atoms with Crippen LogP contribution in [0.4, 0.5) is 8.78 Å². The predicted octanol–water partition coefficient (Wildman–Crippen LogP) is 4.82. The zero-order valence-corrected chi connectivity index (χ0v) is 11.7. The summed E-state index contributed by atoms with van der Waals surface area (Å²) in [6.45, 7) is 0. The molecule has 0 aromatic heterocycles. The van der Waals surface area contributed by atoms with E-state index >= 15 is 0 Å². The molecule has 3 aromatic carbocycles. The number of hydrogen-bond donors (Lipinski definition) is 1. The molecule has 0 heterocycles. The molecule has 0 aliphatic heterocycles. The van der Waals surface area contributed by atoms with Gasteiger partial charge in [0.2, 0.25) is 0 Å². The second kappa shape index (κ2) is 5.43. The Balaban J connectivity index is 2.07. The molecule has 1 atom stereocenters. The molecule has 0 fully saturated rings. The second-order valence-corrected chi connectivity index (χ2v) is 5.28. The maximum atomic E-state index is 13.9. The Morgan fingerprint density at radius 3 is 2.33 bits per heavy atom. The Kier molecular flexibility index (Phi) is 3.62. The van der Waals surface area contributed by atoms with Gasteiger partial charge in [-0.3, -0.25) is 0 Å². The van der Waals surface area contributed by atoms with Gasteiger partial charge in [-0.15, -0.1) is 0 Å². The summed E-state index contributed by atoms with van der Waals surface area (Å²) >= 11 is 5.56. The van der Waals surface area contributed by atoms with Crippen LogP contribution in [0, 0.1) is 11.6 Å².